The van der Waals surface area contributed by atoms with Gasteiger partial charge in [-0.3, -0.25) is 14.8 Å². The first kappa shape index (κ1) is 27.6. The minimum Gasteiger partial charge on any atom is -0.475 e. The summed E-state index contributed by atoms with van der Waals surface area (Å²) in [7, 11) is 0. The molecule has 10 nitrogen and oxygen atoms in total. The molecule has 1 fully saturated rings. The lowest BCUT2D eigenvalue weighted by Crippen LogP contribution is -2.36. The normalized spacial score (nSPS) is 13.6. The van der Waals surface area contributed by atoms with Crippen molar-refractivity contribution in [3.8, 4) is 22.6 Å². The molecule has 37 heavy (non-hydrogen) atoms. The molecule has 0 aromatic carbocycles. The number of carboxylic acids is 1. The molecule has 1 amide bonds. The SMILES string of the molecule is Cc1[nH]c(-c2cc(-c3cncc(N4CCOCC4)c3)ccn2)nc1C(=O)NC(C)C.O=C(O)C(F)(F)F. The molecule has 0 atom stereocenters. The van der Waals surface area contributed by atoms with E-state index >= 15 is 0 Å². The lowest BCUT2D eigenvalue weighted by molar-refractivity contribution is -0.192. The lowest BCUT2D eigenvalue weighted by atomic mass is 10.1. The van der Waals surface area contributed by atoms with Crippen LogP contribution in [0, 0.1) is 6.92 Å². The fraction of sp³-hybridized carbons (Fsp3) is 0.375. The fourth-order valence-electron chi connectivity index (χ4n) is 3.45. The highest BCUT2D eigenvalue weighted by Crippen LogP contribution is 2.27. The molecule has 4 rings (SSSR count). The van der Waals surface area contributed by atoms with Gasteiger partial charge < -0.3 is 25.0 Å². The number of ether oxygens (including phenoxy) is 1. The number of hydrogen-bond donors (Lipinski definition) is 3. The zero-order valence-corrected chi connectivity index (χ0v) is 20.5. The van der Waals surface area contributed by atoms with Crippen LogP contribution in [0.1, 0.15) is 30.0 Å². The van der Waals surface area contributed by atoms with E-state index in [9.17, 15) is 18.0 Å². The molecule has 198 valence electrons. The molecule has 1 aliphatic rings. The number of alkyl halides is 3. The zero-order valence-electron chi connectivity index (χ0n) is 20.5. The van der Waals surface area contributed by atoms with E-state index in [1.807, 2.05) is 45.3 Å². The molecule has 13 heteroatoms. The Morgan fingerprint density at radius 1 is 1.16 bits per heavy atom. The summed E-state index contributed by atoms with van der Waals surface area (Å²) in [4.78, 5) is 40.1. The summed E-state index contributed by atoms with van der Waals surface area (Å²) < 4.78 is 37.2. The van der Waals surface area contributed by atoms with Crippen molar-refractivity contribution in [1.29, 1.82) is 0 Å². The molecule has 3 aromatic rings. The molecular weight excluding hydrogens is 493 g/mol. The van der Waals surface area contributed by atoms with Crippen molar-refractivity contribution in [3.63, 3.8) is 0 Å². The van der Waals surface area contributed by atoms with E-state index < -0.39 is 12.1 Å². The highest BCUT2D eigenvalue weighted by Gasteiger charge is 2.38. The summed E-state index contributed by atoms with van der Waals surface area (Å²) in [6, 6.07) is 6.09. The number of aliphatic carboxylic acids is 1. The molecule has 1 saturated heterocycles. The third kappa shape index (κ3) is 7.49. The summed E-state index contributed by atoms with van der Waals surface area (Å²) in [5, 5.41) is 10.0. The van der Waals surface area contributed by atoms with Crippen molar-refractivity contribution in [2.24, 2.45) is 0 Å². The van der Waals surface area contributed by atoms with Crippen molar-refractivity contribution in [1.82, 2.24) is 25.3 Å². The van der Waals surface area contributed by atoms with Crippen LogP contribution in [-0.2, 0) is 9.53 Å². The largest absolute Gasteiger partial charge is 0.490 e. The predicted octanol–water partition coefficient (Wildman–Crippen LogP) is 3.45. The number of carbonyl (C=O) groups excluding carboxylic acids is 1. The first-order valence-corrected chi connectivity index (χ1v) is 11.4. The molecule has 0 spiro atoms. The number of hydrogen-bond acceptors (Lipinski definition) is 7. The van der Waals surface area contributed by atoms with Gasteiger partial charge in [-0.15, -0.1) is 0 Å². The predicted molar refractivity (Wildman–Crippen MR) is 129 cm³/mol. The molecule has 1 aliphatic heterocycles. The van der Waals surface area contributed by atoms with Crippen LogP contribution in [0.15, 0.2) is 36.8 Å². The highest BCUT2D eigenvalue weighted by molar-refractivity contribution is 5.94. The summed E-state index contributed by atoms with van der Waals surface area (Å²) >= 11 is 0. The highest BCUT2D eigenvalue weighted by atomic mass is 19.4. The van der Waals surface area contributed by atoms with Crippen LogP contribution in [0.25, 0.3) is 22.6 Å². The second-order valence-corrected chi connectivity index (χ2v) is 8.45. The Kier molecular flexibility index (Phi) is 8.81. The number of pyridine rings is 2. The smallest absolute Gasteiger partial charge is 0.475 e. The Hall–Kier alpha value is -4.00. The van der Waals surface area contributed by atoms with Gasteiger partial charge in [-0.05, 0) is 44.5 Å². The van der Waals surface area contributed by atoms with Gasteiger partial charge in [-0.1, -0.05) is 0 Å². The number of H-pyrrole nitrogens is 1. The minimum atomic E-state index is -5.08. The van der Waals surface area contributed by atoms with E-state index in [1.54, 1.807) is 6.20 Å². The fourth-order valence-corrected chi connectivity index (χ4v) is 3.45. The number of aromatic amines is 1. The second-order valence-electron chi connectivity index (χ2n) is 8.45. The van der Waals surface area contributed by atoms with Crippen LogP contribution in [0.3, 0.4) is 0 Å². The quantitative estimate of drug-likeness (QED) is 0.466. The monoisotopic (exact) mass is 520 g/mol. The number of carbonyl (C=O) groups is 2. The number of morpholine rings is 1. The van der Waals surface area contributed by atoms with E-state index in [2.05, 4.69) is 36.2 Å². The van der Waals surface area contributed by atoms with Crippen LogP contribution in [0.4, 0.5) is 18.9 Å². The van der Waals surface area contributed by atoms with E-state index in [0.717, 1.165) is 43.1 Å². The number of aromatic nitrogens is 4. The van der Waals surface area contributed by atoms with E-state index in [0.29, 0.717) is 22.9 Å². The number of rotatable bonds is 5. The van der Waals surface area contributed by atoms with Crippen LogP contribution in [0.5, 0.6) is 0 Å². The summed E-state index contributed by atoms with van der Waals surface area (Å²) in [6.45, 7) is 8.86. The Morgan fingerprint density at radius 3 is 2.46 bits per heavy atom. The van der Waals surface area contributed by atoms with Gasteiger partial charge in [-0.2, -0.15) is 13.2 Å². The van der Waals surface area contributed by atoms with E-state index in [-0.39, 0.29) is 11.9 Å². The maximum atomic E-state index is 12.4. The maximum Gasteiger partial charge on any atom is 0.490 e. The molecule has 3 N–H and O–H groups in total. The standard InChI is InChI=1S/C22H26N6O2.C2HF3O2/c1-14(2)25-22(29)20-15(3)26-21(27-20)19-11-16(4-5-24-19)17-10-18(13-23-12-17)28-6-8-30-9-7-28;3-2(4,5)1(6)7/h4-5,10-14H,6-9H2,1-3H3,(H,25,29)(H,26,27);(H,6,7). The first-order valence-electron chi connectivity index (χ1n) is 11.4. The van der Waals surface area contributed by atoms with Crippen molar-refractivity contribution >= 4 is 17.6 Å². The first-order chi connectivity index (χ1) is 17.5. The Labute approximate surface area is 210 Å². The zero-order chi connectivity index (χ0) is 27.2. The Balaban J connectivity index is 0.000000479. The maximum absolute atomic E-state index is 12.4. The van der Waals surface area contributed by atoms with Gasteiger partial charge in [-0.25, -0.2) is 9.78 Å². The van der Waals surface area contributed by atoms with Crippen LogP contribution >= 0.6 is 0 Å². The van der Waals surface area contributed by atoms with Gasteiger partial charge in [0.15, 0.2) is 5.82 Å². The number of imidazole rings is 1. The van der Waals surface area contributed by atoms with Gasteiger partial charge in [0.2, 0.25) is 0 Å². The number of amides is 1. The molecule has 0 saturated carbocycles. The molecule has 0 unspecified atom stereocenters. The number of halogens is 3. The van der Waals surface area contributed by atoms with Gasteiger partial charge in [0, 0.05) is 42.8 Å². The van der Waals surface area contributed by atoms with E-state index in [1.165, 1.54) is 0 Å². The van der Waals surface area contributed by atoms with Crippen molar-refractivity contribution < 1.29 is 32.6 Å². The van der Waals surface area contributed by atoms with Crippen LogP contribution in [-0.4, -0.2) is 75.4 Å². The van der Waals surface area contributed by atoms with Crippen molar-refractivity contribution in [2.75, 3.05) is 31.2 Å². The van der Waals surface area contributed by atoms with Crippen LogP contribution < -0.4 is 10.2 Å². The van der Waals surface area contributed by atoms with Crippen molar-refractivity contribution in [3.05, 3.63) is 48.2 Å². The average molecular weight is 521 g/mol. The van der Waals surface area contributed by atoms with Crippen LogP contribution in [0.2, 0.25) is 0 Å². The second kappa shape index (κ2) is 11.8. The van der Waals surface area contributed by atoms with Gasteiger partial charge in [0.1, 0.15) is 11.4 Å². The van der Waals surface area contributed by atoms with Crippen molar-refractivity contribution in [2.45, 2.75) is 33.0 Å². The topological polar surface area (TPSA) is 133 Å². The molecule has 3 aromatic heterocycles. The summed E-state index contributed by atoms with van der Waals surface area (Å²) in [5.41, 5.74) is 4.85. The number of nitrogens with zero attached hydrogens (tertiary/aromatic N) is 4. The van der Waals surface area contributed by atoms with Gasteiger partial charge in [0.25, 0.3) is 5.91 Å². The third-order valence-corrected chi connectivity index (χ3v) is 5.20. The lowest BCUT2D eigenvalue weighted by Gasteiger charge is -2.28. The summed E-state index contributed by atoms with van der Waals surface area (Å²) in [6.07, 6.45) is 0.391. The van der Waals surface area contributed by atoms with Gasteiger partial charge >= 0.3 is 12.1 Å². The minimum absolute atomic E-state index is 0.0461. The number of nitrogens with one attached hydrogen (secondary N) is 2. The molecule has 0 bridgehead atoms. The molecule has 4 heterocycles. The van der Waals surface area contributed by atoms with E-state index in [4.69, 9.17) is 14.6 Å². The number of aryl methyl sites for hydroxylation is 1. The Morgan fingerprint density at radius 2 is 1.84 bits per heavy atom. The third-order valence-electron chi connectivity index (χ3n) is 5.20. The summed E-state index contributed by atoms with van der Waals surface area (Å²) in [5.74, 6) is -2.38. The molecular formula is C24H27F3N6O4. The molecule has 0 radical (unpaired) electrons. The Bertz CT molecular complexity index is 1240. The molecule has 0 aliphatic carbocycles. The average Bonchev–Trinajstić information content (AvgIpc) is 3.26. The van der Waals surface area contributed by atoms with Gasteiger partial charge in [0.05, 0.1) is 25.1 Å². The number of anilines is 1. The number of carboxylic acid groups (broad SMARTS) is 1.